The minimum atomic E-state index is -3.51. The van der Waals surface area contributed by atoms with Crippen molar-refractivity contribution in [3.8, 4) is 0 Å². The van der Waals surface area contributed by atoms with Crippen LogP contribution in [0.1, 0.15) is 31.7 Å². The first kappa shape index (κ1) is 17.1. The van der Waals surface area contributed by atoms with Crippen LogP contribution in [-0.2, 0) is 21.4 Å². The molecule has 0 aliphatic rings. The standard InChI is InChI=1S/C14H23NO4S/c1-2-3-9-19-10-5-8-15-20(17,18)14-7-4-6-13(11-14)12-16/h4,6-7,11,15-16H,2-3,5,8-10,12H2,1H3. The Bertz CT molecular complexity index is 488. The Hall–Kier alpha value is -0.950. The zero-order chi connectivity index (χ0) is 14.8. The van der Waals surface area contributed by atoms with Crippen molar-refractivity contribution in [1.29, 1.82) is 0 Å². The fraction of sp³-hybridized carbons (Fsp3) is 0.571. The average molecular weight is 301 g/mol. The van der Waals surface area contributed by atoms with Gasteiger partial charge in [0.1, 0.15) is 0 Å². The van der Waals surface area contributed by atoms with E-state index in [0.29, 0.717) is 25.1 Å². The highest BCUT2D eigenvalue weighted by Gasteiger charge is 2.13. The van der Waals surface area contributed by atoms with Crippen molar-refractivity contribution < 1.29 is 18.3 Å². The minimum absolute atomic E-state index is 0.172. The van der Waals surface area contributed by atoms with E-state index in [0.717, 1.165) is 19.4 Å². The molecular formula is C14H23NO4S. The van der Waals surface area contributed by atoms with E-state index in [1.165, 1.54) is 12.1 Å². The number of nitrogens with one attached hydrogen (secondary N) is 1. The SMILES string of the molecule is CCCCOCCCNS(=O)(=O)c1cccc(CO)c1. The van der Waals surface area contributed by atoms with E-state index in [1.807, 2.05) is 0 Å². The zero-order valence-electron chi connectivity index (χ0n) is 11.8. The smallest absolute Gasteiger partial charge is 0.240 e. The van der Waals surface area contributed by atoms with Gasteiger partial charge in [0.05, 0.1) is 11.5 Å². The van der Waals surface area contributed by atoms with E-state index < -0.39 is 10.0 Å². The summed E-state index contributed by atoms with van der Waals surface area (Å²) in [4.78, 5) is 0.177. The van der Waals surface area contributed by atoms with Gasteiger partial charge in [-0.25, -0.2) is 13.1 Å². The topological polar surface area (TPSA) is 75.6 Å². The summed E-state index contributed by atoms with van der Waals surface area (Å²) >= 11 is 0. The number of hydrogen-bond acceptors (Lipinski definition) is 4. The number of rotatable bonds is 10. The molecule has 2 N–H and O–H groups in total. The number of benzene rings is 1. The Kier molecular flexibility index (Phi) is 7.76. The van der Waals surface area contributed by atoms with Crippen LogP contribution in [0.15, 0.2) is 29.2 Å². The molecule has 0 atom stereocenters. The predicted octanol–water partition coefficient (Wildman–Crippen LogP) is 1.66. The Labute approximate surface area is 121 Å². The lowest BCUT2D eigenvalue weighted by atomic mass is 10.2. The molecule has 20 heavy (non-hydrogen) atoms. The number of ether oxygens (including phenoxy) is 1. The molecule has 0 fully saturated rings. The highest BCUT2D eigenvalue weighted by Crippen LogP contribution is 2.11. The molecule has 114 valence electrons. The molecule has 0 saturated heterocycles. The van der Waals surface area contributed by atoms with Crippen LogP contribution in [0.4, 0.5) is 0 Å². The molecule has 0 aromatic heterocycles. The molecule has 0 heterocycles. The van der Waals surface area contributed by atoms with Gasteiger partial charge in [-0.15, -0.1) is 0 Å². The Morgan fingerprint density at radius 3 is 2.70 bits per heavy atom. The van der Waals surface area contributed by atoms with E-state index in [-0.39, 0.29) is 11.5 Å². The van der Waals surface area contributed by atoms with Crippen molar-refractivity contribution in [2.45, 2.75) is 37.7 Å². The van der Waals surface area contributed by atoms with Crippen LogP contribution in [0.5, 0.6) is 0 Å². The van der Waals surface area contributed by atoms with Crippen LogP contribution in [0, 0.1) is 0 Å². The van der Waals surface area contributed by atoms with Crippen LogP contribution in [0.25, 0.3) is 0 Å². The summed E-state index contributed by atoms with van der Waals surface area (Å²) in [6.07, 6.45) is 2.76. The molecule has 1 rings (SSSR count). The van der Waals surface area contributed by atoms with Gasteiger partial charge in [-0.3, -0.25) is 0 Å². The highest BCUT2D eigenvalue weighted by molar-refractivity contribution is 7.89. The van der Waals surface area contributed by atoms with Gasteiger partial charge in [0.2, 0.25) is 10.0 Å². The maximum absolute atomic E-state index is 12.0. The van der Waals surface area contributed by atoms with Gasteiger partial charge in [-0.05, 0) is 30.5 Å². The molecule has 0 amide bonds. The lowest BCUT2D eigenvalue weighted by Gasteiger charge is -2.08. The minimum Gasteiger partial charge on any atom is -0.392 e. The van der Waals surface area contributed by atoms with E-state index in [1.54, 1.807) is 12.1 Å². The van der Waals surface area contributed by atoms with Crippen molar-refractivity contribution >= 4 is 10.0 Å². The normalized spacial score (nSPS) is 11.7. The van der Waals surface area contributed by atoms with Crippen molar-refractivity contribution in [1.82, 2.24) is 4.72 Å². The number of hydrogen-bond donors (Lipinski definition) is 2. The number of unbranched alkanes of at least 4 members (excludes halogenated alkanes) is 1. The number of aliphatic hydroxyl groups is 1. The fourth-order valence-electron chi connectivity index (χ4n) is 1.62. The number of aliphatic hydroxyl groups excluding tert-OH is 1. The Balaban J connectivity index is 2.37. The second kappa shape index (κ2) is 9.07. The van der Waals surface area contributed by atoms with Gasteiger partial charge in [0, 0.05) is 19.8 Å². The van der Waals surface area contributed by atoms with Gasteiger partial charge in [0.15, 0.2) is 0 Å². The van der Waals surface area contributed by atoms with Crippen molar-refractivity contribution in [3.05, 3.63) is 29.8 Å². The molecule has 1 aromatic carbocycles. The van der Waals surface area contributed by atoms with Crippen LogP contribution < -0.4 is 4.72 Å². The second-order valence-corrected chi connectivity index (χ2v) is 6.29. The lowest BCUT2D eigenvalue weighted by molar-refractivity contribution is 0.130. The molecule has 0 saturated carbocycles. The number of sulfonamides is 1. The first-order chi connectivity index (χ1) is 9.60. The largest absolute Gasteiger partial charge is 0.392 e. The zero-order valence-corrected chi connectivity index (χ0v) is 12.7. The molecule has 0 aliphatic heterocycles. The molecular weight excluding hydrogens is 278 g/mol. The summed E-state index contributed by atoms with van der Waals surface area (Å²) in [5.74, 6) is 0. The van der Waals surface area contributed by atoms with E-state index in [9.17, 15) is 8.42 Å². The van der Waals surface area contributed by atoms with E-state index >= 15 is 0 Å². The molecule has 0 spiro atoms. The van der Waals surface area contributed by atoms with Crippen LogP contribution in [0.2, 0.25) is 0 Å². The third-order valence-electron chi connectivity index (χ3n) is 2.79. The average Bonchev–Trinajstić information content (AvgIpc) is 2.46. The maximum atomic E-state index is 12.0. The fourth-order valence-corrected chi connectivity index (χ4v) is 2.77. The third kappa shape index (κ3) is 6.00. The summed E-state index contributed by atoms with van der Waals surface area (Å²) in [6, 6.07) is 6.29. The third-order valence-corrected chi connectivity index (χ3v) is 4.25. The first-order valence-electron chi connectivity index (χ1n) is 6.87. The van der Waals surface area contributed by atoms with Crippen LogP contribution >= 0.6 is 0 Å². The predicted molar refractivity (Wildman–Crippen MR) is 77.9 cm³/mol. The quantitative estimate of drug-likeness (QED) is 0.645. The molecule has 0 bridgehead atoms. The van der Waals surface area contributed by atoms with Crippen molar-refractivity contribution in [3.63, 3.8) is 0 Å². The Morgan fingerprint density at radius 2 is 2.00 bits per heavy atom. The summed E-state index contributed by atoms with van der Waals surface area (Å²) in [6.45, 7) is 3.55. The summed E-state index contributed by atoms with van der Waals surface area (Å²) in [5, 5.41) is 9.01. The van der Waals surface area contributed by atoms with Gasteiger partial charge < -0.3 is 9.84 Å². The van der Waals surface area contributed by atoms with E-state index in [4.69, 9.17) is 9.84 Å². The van der Waals surface area contributed by atoms with Crippen molar-refractivity contribution in [2.24, 2.45) is 0 Å². The van der Waals surface area contributed by atoms with Gasteiger partial charge >= 0.3 is 0 Å². The molecule has 0 unspecified atom stereocenters. The Morgan fingerprint density at radius 1 is 1.25 bits per heavy atom. The van der Waals surface area contributed by atoms with Gasteiger partial charge in [-0.1, -0.05) is 25.5 Å². The maximum Gasteiger partial charge on any atom is 0.240 e. The monoisotopic (exact) mass is 301 g/mol. The molecule has 1 aromatic rings. The summed E-state index contributed by atoms with van der Waals surface area (Å²) in [5.41, 5.74) is 0.579. The molecule has 6 heteroatoms. The first-order valence-corrected chi connectivity index (χ1v) is 8.35. The van der Waals surface area contributed by atoms with Gasteiger partial charge in [0.25, 0.3) is 0 Å². The van der Waals surface area contributed by atoms with Gasteiger partial charge in [-0.2, -0.15) is 0 Å². The van der Waals surface area contributed by atoms with Crippen molar-refractivity contribution in [2.75, 3.05) is 19.8 Å². The summed E-state index contributed by atoms with van der Waals surface area (Å²) < 4.78 is 31.9. The second-order valence-electron chi connectivity index (χ2n) is 4.52. The van der Waals surface area contributed by atoms with E-state index in [2.05, 4.69) is 11.6 Å². The molecule has 0 radical (unpaired) electrons. The summed E-state index contributed by atoms with van der Waals surface area (Å²) in [7, 11) is -3.51. The molecule has 0 aliphatic carbocycles. The lowest BCUT2D eigenvalue weighted by Crippen LogP contribution is -2.25. The highest BCUT2D eigenvalue weighted by atomic mass is 32.2. The van der Waals surface area contributed by atoms with Crippen LogP contribution in [-0.4, -0.2) is 33.3 Å². The van der Waals surface area contributed by atoms with Crippen LogP contribution in [0.3, 0.4) is 0 Å². The molecule has 5 nitrogen and oxygen atoms in total.